The zero-order valence-corrected chi connectivity index (χ0v) is 17.9. The van der Waals surface area contributed by atoms with Crippen molar-refractivity contribution < 1.29 is 14.3 Å². The fraction of sp³-hybridized carbons (Fsp3) is 0.391. The van der Waals surface area contributed by atoms with Crippen LogP contribution in [0.5, 0.6) is 5.75 Å². The van der Waals surface area contributed by atoms with Crippen molar-refractivity contribution in [2.24, 2.45) is 5.92 Å². The highest BCUT2D eigenvalue weighted by molar-refractivity contribution is 5.88. The van der Waals surface area contributed by atoms with Crippen LogP contribution in [0.2, 0.25) is 0 Å². The average Bonchev–Trinajstić information content (AvgIpc) is 2.71. The predicted molar refractivity (Wildman–Crippen MR) is 116 cm³/mol. The van der Waals surface area contributed by atoms with E-state index < -0.39 is 6.04 Å². The fourth-order valence-electron chi connectivity index (χ4n) is 2.88. The molecule has 0 saturated carbocycles. The van der Waals surface area contributed by atoms with Crippen LogP contribution in [0.1, 0.15) is 19.4 Å². The smallest absolute Gasteiger partial charge is 0.258 e. The highest BCUT2D eigenvalue weighted by Crippen LogP contribution is 2.15. The molecule has 0 aliphatic rings. The summed E-state index contributed by atoms with van der Waals surface area (Å²) in [6.07, 6.45) is 0. The maximum absolute atomic E-state index is 12.9. The first kappa shape index (κ1) is 22.3. The van der Waals surface area contributed by atoms with E-state index in [1.807, 2.05) is 75.3 Å². The number of hydrogen-bond donors (Lipinski definition) is 1. The van der Waals surface area contributed by atoms with Gasteiger partial charge in [0.1, 0.15) is 11.8 Å². The molecule has 0 fully saturated rings. The molecular weight excluding hydrogens is 366 g/mol. The Bertz CT molecular complexity index is 789. The van der Waals surface area contributed by atoms with Crippen LogP contribution in [-0.4, -0.2) is 50.5 Å². The van der Waals surface area contributed by atoms with E-state index in [1.165, 1.54) is 0 Å². The van der Waals surface area contributed by atoms with Gasteiger partial charge >= 0.3 is 0 Å². The quantitative estimate of drug-likeness (QED) is 0.707. The molecule has 0 aliphatic carbocycles. The van der Waals surface area contributed by atoms with E-state index in [-0.39, 0.29) is 24.3 Å². The van der Waals surface area contributed by atoms with Crippen LogP contribution in [0.4, 0.5) is 5.69 Å². The Labute approximate surface area is 173 Å². The van der Waals surface area contributed by atoms with E-state index >= 15 is 0 Å². The van der Waals surface area contributed by atoms with Crippen molar-refractivity contribution in [2.75, 3.05) is 32.6 Å². The summed E-state index contributed by atoms with van der Waals surface area (Å²) >= 11 is 0. The number of para-hydroxylation sites is 1. The minimum atomic E-state index is -0.604. The lowest BCUT2D eigenvalue weighted by Gasteiger charge is -2.27. The van der Waals surface area contributed by atoms with Gasteiger partial charge in [-0.15, -0.1) is 0 Å². The third-order valence-electron chi connectivity index (χ3n) is 4.61. The van der Waals surface area contributed by atoms with Crippen LogP contribution in [-0.2, 0) is 16.1 Å². The Kier molecular flexibility index (Phi) is 8.07. The number of ether oxygens (including phenoxy) is 1. The summed E-state index contributed by atoms with van der Waals surface area (Å²) < 4.78 is 5.47. The number of nitrogens with zero attached hydrogens (tertiary/aromatic N) is 2. The van der Waals surface area contributed by atoms with Crippen LogP contribution in [0.25, 0.3) is 0 Å². The van der Waals surface area contributed by atoms with E-state index in [0.717, 1.165) is 11.3 Å². The van der Waals surface area contributed by atoms with Gasteiger partial charge in [-0.1, -0.05) is 44.2 Å². The number of nitrogens with one attached hydrogen (secondary N) is 1. The molecule has 6 nitrogen and oxygen atoms in total. The maximum Gasteiger partial charge on any atom is 0.258 e. The van der Waals surface area contributed by atoms with Crippen molar-refractivity contribution in [1.29, 1.82) is 0 Å². The van der Waals surface area contributed by atoms with Gasteiger partial charge in [-0.05, 0) is 35.7 Å². The largest absolute Gasteiger partial charge is 0.484 e. The molecule has 0 bridgehead atoms. The summed E-state index contributed by atoms with van der Waals surface area (Å²) in [6, 6.07) is 16.6. The topological polar surface area (TPSA) is 61.9 Å². The van der Waals surface area contributed by atoms with Gasteiger partial charge in [0.05, 0.1) is 0 Å². The minimum absolute atomic E-state index is 0.0401. The fourth-order valence-corrected chi connectivity index (χ4v) is 2.88. The molecule has 0 aromatic heterocycles. The Morgan fingerprint density at radius 2 is 1.59 bits per heavy atom. The number of anilines is 1. The van der Waals surface area contributed by atoms with Gasteiger partial charge in [-0.2, -0.15) is 0 Å². The Balaban J connectivity index is 1.93. The molecule has 1 N–H and O–H groups in total. The number of benzene rings is 2. The Morgan fingerprint density at radius 1 is 0.966 bits per heavy atom. The molecule has 0 heterocycles. The van der Waals surface area contributed by atoms with Crippen molar-refractivity contribution in [1.82, 2.24) is 10.2 Å². The average molecular weight is 398 g/mol. The third-order valence-corrected chi connectivity index (χ3v) is 4.61. The summed E-state index contributed by atoms with van der Waals surface area (Å²) in [5.74, 6) is 0.143. The molecule has 6 heteroatoms. The summed E-state index contributed by atoms with van der Waals surface area (Å²) in [4.78, 5) is 28.9. The monoisotopic (exact) mass is 397 g/mol. The molecule has 2 amide bonds. The van der Waals surface area contributed by atoms with Crippen molar-refractivity contribution >= 4 is 17.5 Å². The maximum atomic E-state index is 12.9. The molecule has 0 unspecified atom stereocenters. The molecule has 29 heavy (non-hydrogen) atoms. The summed E-state index contributed by atoms with van der Waals surface area (Å²) in [5, 5.41) is 2.82. The van der Waals surface area contributed by atoms with Gasteiger partial charge in [0.2, 0.25) is 5.91 Å². The minimum Gasteiger partial charge on any atom is -0.484 e. The zero-order valence-electron chi connectivity index (χ0n) is 17.9. The number of likely N-dealkylation sites (N-methyl/N-ethyl adjacent to an activating group) is 1. The van der Waals surface area contributed by atoms with Gasteiger partial charge < -0.3 is 19.9 Å². The van der Waals surface area contributed by atoms with Crippen molar-refractivity contribution in [2.45, 2.75) is 26.4 Å². The molecule has 2 aromatic rings. The third kappa shape index (κ3) is 6.82. The summed E-state index contributed by atoms with van der Waals surface area (Å²) in [7, 11) is 5.73. The first-order valence-corrected chi connectivity index (χ1v) is 9.76. The van der Waals surface area contributed by atoms with Gasteiger partial charge in [0.15, 0.2) is 6.61 Å². The van der Waals surface area contributed by atoms with E-state index in [1.54, 1.807) is 24.1 Å². The van der Waals surface area contributed by atoms with Crippen molar-refractivity contribution in [3.63, 3.8) is 0 Å². The Hall–Kier alpha value is -3.02. The standard InChI is InChI=1S/C23H31N3O3/c1-17(2)22(24-21(27)16-29-20-9-7-6-8-10-20)23(28)26(5)15-18-11-13-19(14-12-18)25(3)4/h6-14,17,22H,15-16H2,1-5H3,(H,24,27)/t22-/m0/s1. The van der Waals surface area contributed by atoms with Crippen LogP contribution >= 0.6 is 0 Å². The number of rotatable bonds is 9. The molecule has 2 rings (SSSR count). The second-order valence-corrected chi connectivity index (χ2v) is 7.65. The van der Waals surface area contributed by atoms with Crippen LogP contribution in [0, 0.1) is 5.92 Å². The second kappa shape index (κ2) is 10.5. The summed E-state index contributed by atoms with van der Waals surface area (Å²) in [5.41, 5.74) is 2.14. The number of carbonyl (C=O) groups is 2. The van der Waals surface area contributed by atoms with Crippen LogP contribution in [0.15, 0.2) is 54.6 Å². The lowest BCUT2D eigenvalue weighted by molar-refractivity contribution is -0.137. The molecule has 0 saturated heterocycles. The van der Waals surface area contributed by atoms with Crippen molar-refractivity contribution in [3.8, 4) is 5.75 Å². The lowest BCUT2D eigenvalue weighted by atomic mass is 10.0. The number of hydrogen-bond acceptors (Lipinski definition) is 4. The molecule has 2 aromatic carbocycles. The molecule has 0 radical (unpaired) electrons. The number of amides is 2. The first-order chi connectivity index (χ1) is 13.8. The molecule has 0 spiro atoms. The summed E-state index contributed by atoms with van der Waals surface area (Å²) in [6.45, 7) is 4.18. The van der Waals surface area contributed by atoms with Gasteiger partial charge in [-0.25, -0.2) is 0 Å². The molecule has 0 aliphatic heterocycles. The van der Waals surface area contributed by atoms with E-state index in [9.17, 15) is 9.59 Å². The van der Waals surface area contributed by atoms with E-state index in [0.29, 0.717) is 12.3 Å². The van der Waals surface area contributed by atoms with E-state index in [2.05, 4.69) is 5.32 Å². The second-order valence-electron chi connectivity index (χ2n) is 7.65. The normalized spacial score (nSPS) is 11.7. The predicted octanol–water partition coefficient (Wildman–Crippen LogP) is 2.93. The number of carbonyl (C=O) groups excluding carboxylic acids is 2. The highest BCUT2D eigenvalue weighted by Gasteiger charge is 2.27. The first-order valence-electron chi connectivity index (χ1n) is 9.76. The molecule has 156 valence electrons. The van der Waals surface area contributed by atoms with E-state index in [4.69, 9.17) is 4.74 Å². The van der Waals surface area contributed by atoms with Crippen LogP contribution < -0.4 is 15.0 Å². The van der Waals surface area contributed by atoms with Crippen LogP contribution in [0.3, 0.4) is 0 Å². The lowest BCUT2D eigenvalue weighted by Crippen LogP contribution is -2.51. The van der Waals surface area contributed by atoms with Gasteiger partial charge in [-0.3, -0.25) is 9.59 Å². The SMILES string of the molecule is CC(C)[C@H](NC(=O)COc1ccccc1)C(=O)N(C)Cc1ccc(N(C)C)cc1. The van der Waals surface area contributed by atoms with Crippen molar-refractivity contribution in [3.05, 3.63) is 60.2 Å². The Morgan fingerprint density at radius 3 is 2.14 bits per heavy atom. The molecular formula is C23H31N3O3. The highest BCUT2D eigenvalue weighted by atomic mass is 16.5. The zero-order chi connectivity index (χ0) is 21.4. The van der Waals surface area contributed by atoms with Gasteiger partial charge in [0.25, 0.3) is 5.91 Å². The molecule has 1 atom stereocenters. The van der Waals surface area contributed by atoms with Gasteiger partial charge in [0, 0.05) is 33.4 Å².